The van der Waals surface area contributed by atoms with Crippen molar-refractivity contribution in [2.75, 3.05) is 20.2 Å². The number of carbonyl (C=O) groups excluding carboxylic acids is 2. The minimum Gasteiger partial charge on any atom is -0.507 e. The zero-order chi connectivity index (χ0) is 27.4. The second-order valence-electron chi connectivity index (χ2n) is 8.22. The SMILES string of the molecule is C/C=C\C(=C/C)N1CC=C(c2ccc(CC(NC(=O)c3c(O)cccc3Cl)C(=O)OC)cc2)CC1.CC. The molecule has 7 heteroatoms. The maximum atomic E-state index is 12.7. The van der Waals surface area contributed by atoms with Gasteiger partial charge >= 0.3 is 5.97 Å². The monoisotopic (exact) mass is 524 g/mol. The van der Waals surface area contributed by atoms with Gasteiger partial charge in [0.25, 0.3) is 5.91 Å². The van der Waals surface area contributed by atoms with Crippen LogP contribution in [0.15, 0.2) is 72.5 Å². The summed E-state index contributed by atoms with van der Waals surface area (Å²) >= 11 is 6.07. The number of esters is 1. The zero-order valence-corrected chi connectivity index (χ0v) is 23.0. The Kier molecular flexibility index (Phi) is 12.0. The molecule has 37 heavy (non-hydrogen) atoms. The second-order valence-corrected chi connectivity index (χ2v) is 8.63. The van der Waals surface area contributed by atoms with E-state index in [2.05, 4.69) is 41.4 Å². The third kappa shape index (κ3) is 7.99. The number of phenolic OH excluding ortho intramolecular Hbond substituents is 1. The lowest BCUT2D eigenvalue weighted by molar-refractivity contribution is -0.142. The minimum absolute atomic E-state index is 0.0767. The van der Waals surface area contributed by atoms with Crippen LogP contribution in [-0.2, 0) is 16.0 Å². The molecule has 0 aliphatic carbocycles. The Balaban J connectivity index is 0.00000235. The lowest BCUT2D eigenvalue weighted by Gasteiger charge is -2.29. The summed E-state index contributed by atoms with van der Waals surface area (Å²) in [6.07, 6.45) is 9.73. The number of phenols is 1. The molecule has 2 N–H and O–H groups in total. The van der Waals surface area contributed by atoms with Crippen molar-refractivity contribution in [1.29, 1.82) is 0 Å². The van der Waals surface area contributed by atoms with Crippen molar-refractivity contribution in [3.8, 4) is 5.75 Å². The molecule has 1 unspecified atom stereocenters. The van der Waals surface area contributed by atoms with E-state index in [4.69, 9.17) is 16.3 Å². The number of aromatic hydroxyl groups is 1. The molecule has 1 atom stereocenters. The average molecular weight is 525 g/mol. The summed E-state index contributed by atoms with van der Waals surface area (Å²) < 4.78 is 4.88. The fraction of sp³-hybridized carbons (Fsp3) is 0.333. The molecule has 1 aliphatic rings. The van der Waals surface area contributed by atoms with Gasteiger partial charge in [0.05, 0.1) is 17.7 Å². The van der Waals surface area contributed by atoms with Crippen molar-refractivity contribution >= 4 is 29.1 Å². The Morgan fingerprint density at radius 3 is 2.41 bits per heavy atom. The summed E-state index contributed by atoms with van der Waals surface area (Å²) in [5.74, 6) is -1.48. The van der Waals surface area contributed by atoms with Crippen LogP contribution in [0.3, 0.4) is 0 Å². The molecule has 0 bridgehead atoms. The summed E-state index contributed by atoms with van der Waals surface area (Å²) in [5, 5.41) is 12.8. The van der Waals surface area contributed by atoms with Gasteiger partial charge in [0.15, 0.2) is 0 Å². The summed E-state index contributed by atoms with van der Waals surface area (Å²) in [5.41, 5.74) is 4.44. The van der Waals surface area contributed by atoms with Gasteiger partial charge in [-0.3, -0.25) is 4.79 Å². The van der Waals surface area contributed by atoms with Gasteiger partial charge in [0.1, 0.15) is 11.8 Å². The molecule has 0 radical (unpaired) electrons. The smallest absolute Gasteiger partial charge is 0.328 e. The largest absolute Gasteiger partial charge is 0.507 e. The van der Waals surface area contributed by atoms with Crippen LogP contribution in [0.25, 0.3) is 5.57 Å². The van der Waals surface area contributed by atoms with E-state index in [0.717, 1.165) is 30.6 Å². The van der Waals surface area contributed by atoms with E-state index in [9.17, 15) is 14.7 Å². The van der Waals surface area contributed by atoms with Crippen molar-refractivity contribution in [3.63, 3.8) is 0 Å². The summed E-state index contributed by atoms with van der Waals surface area (Å²) in [6.45, 7) is 9.87. The van der Waals surface area contributed by atoms with E-state index in [1.165, 1.54) is 36.6 Å². The molecule has 1 amide bonds. The van der Waals surface area contributed by atoms with Crippen LogP contribution >= 0.6 is 11.6 Å². The van der Waals surface area contributed by atoms with E-state index in [1.54, 1.807) is 0 Å². The minimum atomic E-state index is -0.928. The lowest BCUT2D eigenvalue weighted by atomic mass is 9.96. The molecule has 0 saturated carbocycles. The molecule has 1 heterocycles. The standard InChI is InChI=1S/C28H31ClN2O4.C2H6/c1-4-7-22(5-2)31-16-14-21(15-17-31)20-12-10-19(11-13-20)18-24(28(34)35-3)30-27(33)26-23(29)8-6-9-25(26)32;1-2/h4-14,24,32H,15-18H2,1-3H3,(H,30,33);1-2H3/b7-4-,22-5+;. The first-order valence-electron chi connectivity index (χ1n) is 12.6. The van der Waals surface area contributed by atoms with Crippen LogP contribution < -0.4 is 5.32 Å². The molecule has 198 valence electrons. The number of ether oxygens (including phenoxy) is 1. The van der Waals surface area contributed by atoms with Crippen LogP contribution in [0.4, 0.5) is 0 Å². The Bertz CT molecular complexity index is 1130. The third-order valence-electron chi connectivity index (χ3n) is 5.98. The van der Waals surface area contributed by atoms with Crippen molar-refractivity contribution < 1.29 is 19.4 Å². The summed E-state index contributed by atoms with van der Waals surface area (Å²) in [6, 6.07) is 11.5. The molecular formula is C30H37ClN2O4. The second kappa shape index (κ2) is 14.9. The molecule has 3 rings (SSSR count). The maximum Gasteiger partial charge on any atom is 0.328 e. The Morgan fingerprint density at radius 2 is 1.86 bits per heavy atom. The van der Waals surface area contributed by atoms with Gasteiger partial charge in [0.2, 0.25) is 0 Å². The fourth-order valence-electron chi connectivity index (χ4n) is 4.11. The predicted molar refractivity (Wildman–Crippen MR) is 151 cm³/mol. The zero-order valence-electron chi connectivity index (χ0n) is 22.3. The molecule has 2 aromatic rings. The molecule has 0 fully saturated rings. The predicted octanol–water partition coefficient (Wildman–Crippen LogP) is 6.15. The number of allylic oxidation sites excluding steroid dienone is 3. The van der Waals surface area contributed by atoms with E-state index in [1.807, 2.05) is 45.0 Å². The molecule has 6 nitrogen and oxygen atoms in total. The Hall–Kier alpha value is -3.51. The number of hydrogen-bond acceptors (Lipinski definition) is 5. The van der Waals surface area contributed by atoms with Gasteiger partial charge in [-0.1, -0.05) is 74.0 Å². The van der Waals surface area contributed by atoms with Gasteiger partial charge in [-0.2, -0.15) is 0 Å². The van der Waals surface area contributed by atoms with E-state index < -0.39 is 17.9 Å². The molecular weight excluding hydrogens is 488 g/mol. The van der Waals surface area contributed by atoms with Crippen LogP contribution in [0.1, 0.15) is 55.6 Å². The highest BCUT2D eigenvalue weighted by atomic mass is 35.5. The summed E-state index contributed by atoms with van der Waals surface area (Å²) in [4.78, 5) is 27.4. The van der Waals surface area contributed by atoms with Gasteiger partial charge < -0.3 is 20.1 Å². The molecule has 0 saturated heterocycles. The number of carbonyl (C=O) groups is 2. The quantitative estimate of drug-likeness (QED) is 0.319. The van der Waals surface area contributed by atoms with Gasteiger partial charge in [-0.15, -0.1) is 0 Å². The van der Waals surface area contributed by atoms with E-state index in [0.29, 0.717) is 0 Å². The lowest BCUT2D eigenvalue weighted by Crippen LogP contribution is -2.43. The highest BCUT2D eigenvalue weighted by Crippen LogP contribution is 2.26. The van der Waals surface area contributed by atoms with E-state index in [-0.39, 0.29) is 22.8 Å². The number of nitrogens with one attached hydrogen (secondary N) is 1. The highest BCUT2D eigenvalue weighted by molar-refractivity contribution is 6.34. The molecule has 0 spiro atoms. The summed E-state index contributed by atoms with van der Waals surface area (Å²) in [7, 11) is 1.27. The fourth-order valence-corrected chi connectivity index (χ4v) is 4.37. The van der Waals surface area contributed by atoms with Crippen LogP contribution in [-0.4, -0.2) is 48.1 Å². The number of hydrogen-bond donors (Lipinski definition) is 2. The number of methoxy groups -OCH3 is 1. The van der Waals surface area contributed by atoms with Crippen LogP contribution in [0.5, 0.6) is 5.75 Å². The van der Waals surface area contributed by atoms with Crippen molar-refractivity contribution in [2.24, 2.45) is 0 Å². The maximum absolute atomic E-state index is 12.7. The van der Waals surface area contributed by atoms with E-state index >= 15 is 0 Å². The molecule has 0 aromatic heterocycles. The van der Waals surface area contributed by atoms with Crippen molar-refractivity contribution in [1.82, 2.24) is 10.2 Å². The third-order valence-corrected chi connectivity index (χ3v) is 6.30. The van der Waals surface area contributed by atoms with Gasteiger partial charge in [0, 0.05) is 25.2 Å². The van der Waals surface area contributed by atoms with Crippen molar-refractivity contribution in [3.05, 3.63) is 94.2 Å². The highest BCUT2D eigenvalue weighted by Gasteiger charge is 2.25. The van der Waals surface area contributed by atoms with Gasteiger partial charge in [-0.25, -0.2) is 4.79 Å². The molecule has 1 aliphatic heterocycles. The first kappa shape index (κ1) is 29.7. The molecule has 2 aromatic carbocycles. The van der Waals surface area contributed by atoms with Crippen LogP contribution in [0.2, 0.25) is 5.02 Å². The number of amides is 1. The van der Waals surface area contributed by atoms with Gasteiger partial charge in [-0.05, 0) is 55.2 Å². The first-order valence-corrected chi connectivity index (χ1v) is 12.9. The average Bonchev–Trinajstić information content (AvgIpc) is 2.92. The normalized spacial score (nSPS) is 14.4. The number of benzene rings is 2. The van der Waals surface area contributed by atoms with Crippen molar-refractivity contribution in [2.45, 2.75) is 46.6 Å². The number of nitrogens with zero attached hydrogens (tertiary/aromatic N) is 1. The Labute approximate surface area is 225 Å². The topological polar surface area (TPSA) is 78.9 Å². The number of rotatable bonds is 8. The Morgan fingerprint density at radius 1 is 1.16 bits per heavy atom. The number of halogens is 1. The van der Waals surface area contributed by atoms with Crippen LogP contribution in [0, 0.1) is 0 Å². The first-order chi connectivity index (χ1) is 17.9.